The fraction of sp³-hybridized carbons (Fsp3) is 0. The lowest BCUT2D eigenvalue weighted by Gasteiger charge is -2.03. The van der Waals surface area contributed by atoms with Gasteiger partial charge in [0.25, 0.3) is 0 Å². The Balaban J connectivity index is 2.88. The van der Waals surface area contributed by atoms with Gasteiger partial charge in [-0.15, -0.1) is 0 Å². The minimum atomic E-state index is -0.985. The summed E-state index contributed by atoms with van der Waals surface area (Å²) in [5, 5.41) is 19.5. The summed E-state index contributed by atoms with van der Waals surface area (Å²) in [6.07, 6.45) is 0. The zero-order valence-corrected chi connectivity index (χ0v) is 7.27. The van der Waals surface area contributed by atoms with Crippen LogP contribution in [0.15, 0.2) is 36.4 Å². The predicted octanol–water partition coefficient (Wildman–Crippen LogP) is 2.24. The zero-order valence-electron chi connectivity index (χ0n) is 7.27. The third-order valence-electron chi connectivity index (χ3n) is 2.13. The van der Waals surface area contributed by atoms with E-state index in [-0.39, 0.29) is 11.3 Å². The largest absolute Gasteiger partial charge is 0.507 e. The number of benzene rings is 2. The maximum atomic E-state index is 10.8. The summed E-state index contributed by atoms with van der Waals surface area (Å²) in [6, 6.07) is 9.67. The second-order valence-corrected chi connectivity index (χ2v) is 2.98. The van der Waals surface area contributed by atoms with Crippen molar-refractivity contribution in [3.05, 3.63) is 42.0 Å². The summed E-state index contributed by atoms with van der Waals surface area (Å²) in [5.41, 5.74) is 0.207. The van der Waals surface area contributed by atoms with Crippen LogP contribution in [0.1, 0.15) is 10.4 Å². The monoisotopic (exact) mass is 188 g/mol. The van der Waals surface area contributed by atoms with Crippen LogP contribution in [0.5, 0.6) is 5.75 Å². The van der Waals surface area contributed by atoms with Gasteiger partial charge >= 0.3 is 5.97 Å². The van der Waals surface area contributed by atoms with Gasteiger partial charge in [-0.1, -0.05) is 24.3 Å². The van der Waals surface area contributed by atoms with Crippen LogP contribution < -0.4 is 0 Å². The second kappa shape index (κ2) is 3.03. The van der Waals surface area contributed by atoms with Crippen molar-refractivity contribution in [3.63, 3.8) is 0 Å². The maximum absolute atomic E-state index is 10.8. The molecule has 0 aliphatic rings. The standard InChI is InChI=1S/C11H8O3/c12-10-6-5-9(11(13)14)7-3-1-2-4-8(7)10/h1-6,12H,(H,13,14). The van der Waals surface area contributed by atoms with Gasteiger partial charge in [-0.2, -0.15) is 0 Å². The van der Waals surface area contributed by atoms with Gasteiger partial charge < -0.3 is 10.2 Å². The van der Waals surface area contributed by atoms with Crippen LogP contribution in [0.4, 0.5) is 0 Å². The first-order valence-electron chi connectivity index (χ1n) is 4.14. The van der Waals surface area contributed by atoms with Crippen LogP contribution in [0.3, 0.4) is 0 Å². The first-order valence-corrected chi connectivity index (χ1v) is 4.14. The maximum Gasteiger partial charge on any atom is 0.336 e. The first kappa shape index (κ1) is 8.56. The minimum Gasteiger partial charge on any atom is -0.507 e. The Morgan fingerprint density at radius 3 is 2.29 bits per heavy atom. The highest BCUT2D eigenvalue weighted by Gasteiger charge is 2.09. The topological polar surface area (TPSA) is 57.5 Å². The summed E-state index contributed by atoms with van der Waals surface area (Å²) >= 11 is 0. The molecule has 0 atom stereocenters. The quantitative estimate of drug-likeness (QED) is 0.721. The molecule has 0 fully saturated rings. The van der Waals surface area contributed by atoms with E-state index in [1.54, 1.807) is 24.3 Å². The number of hydrogen-bond acceptors (Lipinski definition) is 2. The molecular formula is C11H8O3. The molecule has 2 N–H and O–H groups in total. The van der Waals surface area contributed by atoms with E-state index in [9.17, 15) is 9.90 Å². The molecule has 0 aliphatic heterocycles. The zero-order chi connectivity index (χ0) is 10.1. The molecule has 0 spiro atoms. The summed E-state index contributed by atoms with van der Waals surface area (Å²) in [5.74, 6) is -0.883. The molecule has 70 valence electrons. The van der Waals surface area contributed by atoms with Crippen LogP contribution in [0, 0.1) is 0 Å². The molecule has 0 aromatic heterocycles. The van der Waals surface area contributed by atoms with Crippen molar-refractivity contribution >= 4 is 16.7 Å². The lowest BCUT2D eigenvalue weighted by molar-refractivity contribution is 0.0699. The molecule has 3 heteroatoms. The number of hydrogen-bond donors (Lipinski definition) is 2. The third-order valence-corrected chi connectivity index (χ3v) is 2.13. The Kier molecular flexibility index (Phi) is 1.85. The number of aromatic carboxylic acids is 1. The highest BCUT2D eigenvalue weighted by molar-refractivity contribution is 6.05. The Hall–Kier alpha value is -2.03. The average molecular weight is 188 g/mol. The smallest absolute Gasteiger partial charge is 0.336 e. The minimum absolute atomic E-state index is 0.102. The number of aromatic hydroxyl groups is 1. The van der Waals surface area contributed by atoms with Gasteiger partial charge in [0.1, 0.15) is 5.75 Å². The van der Waals surface area contributed by atoms with Crippen molar-refractivity contribution in [2.24, 2.45) is 0 Å². The molecule has 14 heavy (non-hydrogen) atoms. The van der Waals surface area contributed by atoms with E-state index >= 15 is 0 Å². The van der Waals surface area contributed by atoms with Crippen LogP contribution in [-0.2, 0) is 0 Å². The van der Waals surface area contributed by atoms with Crippen molar-refractivity contribution in [2.75, 3.05) is 0 Å². The first-order chi connectivity index (χ1) is 6.70. The molecule has 2 aromatic carbocycles. The fourth-order valence-corrected chi connectivity index (χ4v) is 1.47. The van der Waals surface area contributed by atoms with Gasteiger partial charge in [-0.05, 0) is 17.5 Å². The van der Waals surface area contributed by atoms with Gasteiger partial charge in [-0.3, -0.25) is 0 Å². The van der Waals surface area contributed by atoms with E-state index in [2.05, 4.69) is 0 Å². The number of carbonyl (C=O) groups is 1. The molecule has 0 unspecified atom stereocenters. The lowest BCUT2D eigenvalue weighted by atomic mass is 10.0. The summed E-state index contributed by atoms with van der Waals surface area (Å²) < 4.78 is 0. The summed E-state index contributed by atoms with van der Waals surface area (Å²) in [4.78, 5) is 10.8. The molecule has 3 nitrogen and oxygen atoms in total. The Bertz CT molecular complexity index is 503. The fourth-order valence-electron chi connectivity index (χ4n) is 1.47. The highest BCUT2D eigenvalue weighted by Crippen LogP contribution is 2.27. The van der Waals surface area contributed by atoms with E-state index in [4.69, 9.17) is 5.11 Å². The number of rotatable bonds is 1. The molecule has 0 amide bonds. The van der Waals surface area contributed by atoms with Crippen LogP contribution >= 0.6 is 0 Å². The Morgan fingerprint density at radius 2 is 1.64 bits per heavy atom. The molecule has 0 saturated carbocycles. The number of carboxylic acid groups (broad SMARTS) is 1. The summed E-state index contributed by atoms with van der Waals surface area (Å²) in [7, 11) is 0. The average Bonchev–Trinajstić information content (AvgIpc) is 2.18. The number of phenolic OH excluding ortho intramolecular Hbond substituents is 1. The lowest BCUT2D eigenvalue weighted by Crippen LogP contribution is -1.96. The molecule has 0 bridgehead atoms. The molecule has 0 radical (unpaired) electrons. The van der Waals surface area contributed by atoms with Crippen LogP contribution in [-0.4, -0.2) is 16.2 Å². The molecule has 0 saturated heterocycles. The molecule has 0 heterocycles. The molecule has 0 aliphatic carbocycles. The highest BCUT2D eigenvalue weighted by atomic mass is 16.4. The van der Waals surface area contributed by atoms with Gasteiger partial charge in [-0.25, -0.2) is 4.79 Å². The number of phenols is 1. The number of carboxylic acids is 1. The van der Waals surface area contributed by atoms with Crippen LogP contribution in [0.2, 0.25) is 0 Å². The van der Waals surface area contributed by atoms with Crippen molar-refractivity contribution < 1.29 is 15.0 Å². The normalized spacial score (nSPS) is 10.3. The number of fused-ring (bicyclic) bond motifs is 1. The van der Waals surface area contributed by atoms with E-state index in [0.29, 0.717) is 10.8 Å². The van der Waals surface area contributed by atoms with Crippen molar-refractivity contribution in [2.45, 2.75) is 0 Å². The van der Waals surface area contributed by atoms with E-state index < -0.39 is 5.97 Å². The van der Waals surface area contributed by atoms with Crippen molar-refractivity contribution in [1.29, 1.82) is 0 Å². The van der Waals surface area contributed by atoms with Gasteiger partial charge in [0, 0.05) is 5.39 Å². The van der Waals surface area contributed by atoms with Gasteiger partial charge in [0.2, 0.25) is 0 Å². The van der Waals surface area contributed by atoms with Crippen molar-refractivity contribution in [3.8, 4) is 5.75 Å². The Labute approximate surface area is 80.2 Å². The predicted molar refractivity (Wildman–Crippen MR) is 52.6 cm³/mol. The molecule has 2 rings (SSSR count). The summed E-state index contributed by atoms with van der Waals surface area (Å²) in [6.45, 7) is 0. The van der Waals surface area contributed by atoms with Gasteiger partial charge in [0.15, 0.2) is 0 Å². The van der Waals surface area contributed by atoms with Crippen molar-refractivity contribution in [1.82, 2.24) is 0 Å². The molecule has 2 aromatic rings. The van der Waals surface area contributed by atoms with E-state index in [1.165, 1.54) is 12.1 Å². The van der Waals surface area contributed by atoms with E-state index in [0.717, 1.165) is 0 Å². The molecular weight excluding hydrogens is 180 g/mol. The second-order valence-electron chi connectivity index (χ2n) is 2.98. The van der Waals surface area contributed by atoms with Crippen LogP contribution in [0.25, 0.3) is 10.8 Å². The van der Waals surface area contributed by atoms with Gasteiger partial charge in [0.05, 0.1) is 5.56 Å². The van der Waals surface area contributed by atoms with E-state index in [1.807, 2.05) is 0 Å². The SMILES string of the molecule is O=C(O)c1ccc(O)c2ccccc12. The Morgan fingerprint density at radius 1 is 1.00 bits per heavy atom. The third kappa shape index (κ3) is 1.19.